The third-order valence-corrected chi connectivity index (χ3v) is 12.0. The van der Waals surface area contributed by atoms with Crippen molar-refractivity contribution in [3.05, 3.63) is 32.8 Å². The molecule has 3 atom stereocenters. The number of ether oxygens (including phenoxy) is 2. The first-order chi connectivity index (χ1) is 31.2. The number of H-pyrrole nitrogens is 1. The number of β-amino-alcohol motifs (C(OH)–C–C–N with tert-alkyl or cyclic N) is 1. The van der Waals surface area contributed by atoms with Crippen molar-refractivity contribution in [1.82, 2.24) is 74.8 Å². The molecule has 2 amide bonds. The molecule has 69 heavy (non-hydrogen) atoms. The van der Waals surface area contributed by atoms with E-state index in [2.05, 4.69) is 103 Å². The number of anilines is 3. The van der Waals surface area contributed by atoms with E-state index < -0.39 is 17.3 Å². The molecule has 29 heteroatoms. The number of carbonyl (C=O) groups excluding carboxylic acids is 2. The monoisotopic (exact) mass is 1180 g/mol. The van der Waals surface area contributed by atoms with E-state index >= 15 is 0 Å². The standard InChI is InChI=1S/C15H21BrN6O2.C10H13BrN6.C10H19NO3.C5H4BrN5.ClH.Na.H2O/c1-15(2,3)24-14(23)21-6-4-5-9(7-21)22-13-10(11(16)20-22)12(17)18-8-19-13;11-8-7-9(12)14-5-15-10(7)17(16-8)6-2-1-3-13-4-6;1-10(2,3)14-9(13)11-6-4-5-8(12)7-11;6-3-2-4(7)8-1-9-5(2)11-10-3;;;/h8-9H,4-7H2,1-3H3,(H2,17,18,19);5-6,13H,1-4H2,(H2,12,14,15);8,12H,4-7H2,1-3H3;1H,(H3,7,8,9,10,11);1H;;1H2/q;;;;;+1;/p-1/t9-;6-;8-;;;;/m110..../s1. The normalized spacial score (nSPS) is 18.1. The molecule has 10 N–H and O–H groups in total. The molecule has 374 valence electrons. The molecule has 0 spiro atoms. The molecule has 9 heterocycles. The second-order valence-electron chi connectivity index (χ2n) is 17.8. The zero-order valence-corrected chi connectivity index (χ0v) is 47.1. The van der Waals surface area contributed by atoms with Gasteiger partial charge in [-0.15, -0.1) is 12.4 Å². The van der Waals surface area contributed by atoms with Gasteiger partial charge < -0.3 is 52.4 Å². The number of nitrogens with one attached hydrogen (secondary N) is 2. The smallest absolute Gasteiger partial charge is 0.870 e. The van der Waals surface area contributed by atoms with Gasteiger partial charge in [0.1, 0.15) is 61.4 Å². The van der Waals surface area contributed by atoms with Gasteiger partial charge in [-0.05, 0) is 134 Å². The fraction of sp³-hybridized carbons (Fsp3) is 0.575. The fourth-order valence-corrected chi connectivity index (χ4v) is 8.97. The summed E-state index contributed by atoms with van der Waals surface area (Å²) in [7, 11) is 0. The summed E-state index contributed by atoms with van der Waals surface area (Å²) in [5, 5.41) is 30.6. The van der Waals surface area contributed by atoms with Gasteiger partial charge in [0.2, 0.25) is 0 Å². The molecular formula is C40H59Br3ClN18NaO6. The van der Waals surface area contributed by atoms with Gasteiger partial charge in [-0.3, -0.25) is 5.10 Å². The van der Waals surface area contributed by atoms with Gasteiger partial charge in [-0.25, -0.2) is 48.9 Å². The molecule has 0 aromatic carbocycles. The van der Waals surface area contributed by atoms with Crippen LogP contribution in [0, 0.1) is 0 Å². The van der Waals surface area contributed by atoms with E-state index in [0.29, 0.717) is 75.6 Å². The Balaban J connectivity index is 0.000000249. The number of aromatic amines is 1. The minimum Gasteiger partial charge on any atom is -0.870 e. The molecule has 3 fully saturated rings. The van der Waals surface area contributed by atoms with Crippen molar-refractivity contribution in [2.75, 3.05) is 56.5 Å². The number of aliphatic hydroxyl groups excluding tert-OH is 1. The number of likely N-dealkylation sites (tertiary alicyclic amines) is 2. The molecule has 24 nitrogen and oxygen atoms in total. The summed E-state index contributed by atoms with van der Waals surface area (Å²) in [6, 6.07) is 0.362. The minimum absolute atomic E-state index is 0. The number of halogens is 4. The number of hydrogen-bond acceptors (Lipinski definition) is 19. The molecule has 9 rings (SSSR count). The number of nitrogens with zero attached hydrogens (tertiary/aromatic N) is 13. The SMILES string of the molecule is CC(C)(C)OC(=O)N1CCC[C@@H](n2nc(Br)c3c(N)ncnc32)C1.CC(C)(C)OC(=O)N1CCC[C@H](O)C1.Cl.Nc1ncnc2c1c(Br)nn2[C@@H]1CCCNC1.Nc1ncnc2n[nH]c(Br)c12.[Na+].[OH-]. The van der Waals surface area contributed by atoms with E-state index in [1.807, 2.05) is 50.9 Å². The number of nitrogens with two attached hydrogens (primary N) is 3. The first kappa shape index (κ1) is 59.5. The summed E-state index contributed by atoms with van der Waals surface area (Å²) in [6.07, 6.45) is 8.96. The summed E-state index contributed by atoms with van der Waals surface area (Å²) >= 11 is 10.1. The Kier molecular flexibility index (Phi) is 22.5. The summed E-state index contributed by atoms with van der Waals surface area (Å²) in [5.74, 6) is 1.28. The number of fused-ring (bicyclic) bond motifs is 3. The van der Waals surface area contributed by atoms with Crippen LogP contribution in [0.1, 0.15) is 92.2 Å². The maximum absolute atomic E-state index is 12.3. The molecule has 0 radical (unpaired) electrons. The van der Waals surface area contributed by atoms with E-state index in [0.717, 1.165) is 72.6 Å². The average molecular weight is 1190 g/mol. The van der Waals surface area contributed by atoms with Crippen LogP contribution < -0.4 is 52.1 Å². The van der Waals surface area contributed by atoms with E-state index in [9.17, 15) is 14.7 Å². The van der Waals surface area contributed by atoms with Crippen LogP contribution in [-0.4, -0.2) is 149 Å². The number of aromatic nitrogens is 12. The van der Waals surface area contributed by atoms with Gasteiger partial charge in [0.15, 0.2) is 16.9 Å². The van der Waals surface area contributed by atoms with Crippen LogP contribution in [0.15, 0.2) is 32.8 Å². The van der Waals surface area contributed by atoms with Crippen molar-refractivity contribution in [2.24, 2.45) is 0 Å². The maximum atomic E-state index is 12.3. The molecule has 0 aliphatic carbocycles. The largest absolute Gasteiger partial charge is 1.00 e. The Morgan fingerprint density at radius 3 is 1.64 bits per heavy atom. The number of hydrogen-bond donors (Lipinski definition) is 6. The van der Waals surface area contributed by atoms with Crippen LogP contribution in [0.5, 0.6) is 0 Å². The van der Waals surface area contributed by atoms with Gasteiger partial charge >= 0.3 is 41.7 Å². The molecule has 0 bridgehead atoms. The van der Waals surface area contributed by atoms with Gasteiger partial charge in [0.25, 0.3) is 0 Å². The Hall–Kier alpha value is -3.80. The summed E-state index contributed by atoms with van der Waals surface area (Å²) in [5.41, 5.74) is 18.4. The first-order valence-corrected chi connectivity index (χ1v) is 23.8. The minimum atomic E-state index is -0.507. The average Bonchev–Trinajstić information content (AvgIpc) is 3.94. The predicted octanol–water partition coefficient (Wildman–Crippen LogP) is 3.16. The van der Waals surface area contributed by atoms with Crippen LogP contribution >= 0.6 is 60.2 Å². The molecule has 3 aliphatic rings. The molecule has 0 unspecified atom stereocenters. The van der Waals surface area contributed by atoms with Gasteiger partial charge in [0.05, 0.1) is 34.3 Å². The zero-order valence-electron chi connectivity index (χ0n) is 39.6. The van der Waals surface area contributed by atoms with E-state index in [4.69, 9.17) is 26.7 Å². The van der Waals surface area contributed by atoms with Crippen LogP contribution in [-0.2, 0) is 9.47 Å². The quantitative estimate of drug-likeness (QED) is 0.136. The van der Waals surface area contributed by atoms with E-state index in [1.165, 1.54) is 19.0 Å². The topological polar surface area (TPSA) is 341 Å². The number of amides is 2. The molecule has 6 aromatic heterocycles. The third-order valence-electron chi connectivity index (χ3n) is 10.3. The Bertz CT molecular complexity index is 2620. The third kappa shape index (κ3) is 15.8. The molecular weight excluding hydrogens is 1130 g/mol. The van der Waals surface area contributed by atoms with Crippen molar-refractivity contribution >= 4 is 123 Å². The van der Waals surface area contributed by atoms with Crippen LogP contribution in [0.25, 0.3) is 33.1 Å². The molecule has 0 saturated carbocycles. The molecule has 6 aromatic rings. The van der Waals surface area contributed by atoms with E-state index in [1.54, 1.807) is 9.80 Å². The number of piperidine rings is 3. The van der Waals surface area contributed by atoms with Crippen molar-refractivity contribution < 1.29 is 59.2 Å². The van der Waals surface area contributed by atoms with Crippen molar-refractivity contribution in [3.63, 3.8) is 0 Å². The number of nitrogen functional groups attached to an aromatic ring is 3. The van der Waals surface area contributed by atoms with Crippen molar-refractivity contribution in [3.8, 4) is 0 Å². The molecule has 3 aliphatic heterocycles. The van der Waals surface area contributed by atoms with Gasteiger partial charge in [-0.2, -0.15) is 15.3 Å². The zero-order chi connectivity index (χ0) is 47.9. The van der Waals surface area contributed by atoms with Gasteiger partial charge in [-0.1, -0.05) is 0 Å². The summed E-state index contributed by atoms with van der Waals surface area (Å²) in [4.78, 5) is 51.5. The summed E-state index contributed by atoms with van der Waals surface area (Å²) < 4.78 is 16.5. The number of aliphatic hydroxyl groups is 1. The van der Waals surface area contributed by atoms with Crippen molar-refractivity contribution in [2.45, 2.75) is 109 Å². The number of rotatable bonds is 2. The van der Waals surface area contributed by atoms with Gasteiger partial charge in [0, 0.05) is 32.7 Å². The first-order valence-electron chi connectivity index (χ1n) is 21.4. The van der Waals surface area contributed by atoms with Crippen LogP contribution in [0.3, 0.4) is 0 Å². The van der Waals surface area contributed by atoms with Crippen molar-refractivity contribution in [1.29, 1.82) is 0 Å². The predicted molar refractivity (Wildman–Crippen MR) is 268 cm³/mol. The molecule has 3 saturated heterocycles. The Morgan fingerprint density at radius 1 is 0.696 bits per heavy atom. The van der Waals surface area contributed by atoms with Crippen LogP contribution in [0.2, 0.25) is 0 Å². The Morgan fingerprint density at radius 2 is 1.16 bits per heavy atom. The second kappa shape index (κ2) is 26.1. The maximum Gasteiger partial charge on any atom is 1.00 e. The fourth-order valence-electron chi connectivity index (χ4n) is 7.39. The Labute approximate surface area is 452 Å². The van der Waals surface area contributed by atoms with Crippen LogP contribution in [0.4, 0.5) is 27.0 Å². The summed E-state index contributed by atoms with van der Waals surface area (Å²) in [6.45, 7) is 15.4. The number of carbonyl (C=O) groups is 2. The second-order valence-corrected chi connectivity index (χ2v) is 20.1. The van der Waals surface area contributed by atoms with E-state index in [-0.39, 0.29) is 65.7 Å².